The van der Waals surface area contributed by atoms with Gasteiger partial charge in [0.2, 0.25) is 0 Å². The van der Waals surface area contributed by atoms with Gasteiger partial charge in [-0.2, -0.15) is 0 Å². The van der Waals surface area contributed by atoms with Gasteiger partial charge in [0, 0.05) is 42.6 Å². The van der Waals surface area contributed by atoms with Gasteiger partial charge in [-0.05, 0) is 19.1 Å². The number of carbonyl (C=O) groups excluding carboxylic acids is 1. The van der Waals surface area contributed by atoms with E-state index in [0.29, 0.717) is 23.2 Å². The third-order valence-electron chi connectivity index (χ3n) is 4.05. The third kappa shape index (κ3) is 3.76. The van der Waals surface area contributed by atoms with E-state index in [9.17, 15) is 9.18 Å². The maximum Gasteiger partial charge on any atom is 0.253 e. The topological polar surface area (TPSA) is 62.5 Å². The second kappa shape index (κ2) is 7.16. The van der Waals surface area contributed by atoms with Crippen molar-refractivity contribution in [3.05, 3.63) is 44.1 Å². The number of thiazole rings is 1. The Morgan fingerprint density at radius 1 is 1.38 bits per heavy atom. The number of halogens is 2. The van der Waals surface area contributed by atoms with Gasteiger partial charge in [-0.3, -0.25) is 9.69 Å². The van der Waals surface area contributed by atoms with E-state index in [1.165, 1.54) is 6.07 Å². The van der Waals surface area contributed by atoms with E-state index in [-0.39, 0.29) is 5.56 Å². The predicted octanol–water partition coefficient (Wildman–Crippen LogP) is 2.77. The Balaban J connectivity index is 1.71. The summed E-state index contributed by atoms with van der Waals surface area (Å²) in [6.07, 6.45) is 0. The number of aryl methyl sites for hydroxylation is 1. The summed E-state index contributed by atoms with van der Waals surface area (Å²) in [6, 6.07) is 3.02. The molecule has 0 bridgehead atoms. The lowest BCUT2D eigenvalue weighted by atomic mass is 10.1. The Hall–Kier alpha value is -1.51. The zero-order valence-corrected chi connectivity index (χ0v) is 15.7. The van der Waals surface area contributed by atoms with Gasteiger partial charge < -0.3 is 10.6 Å². The minimum atomic E-state index is -0.740. The Kier molecular flexibility index (Phi) is 5.17. The molecule has 1 aliphatic heterocycles. The summed E-state index contributed by atoms with van der Waals surface area (Å²) in [5.41, 5.74) is 6.96. The first-order valence-corrected chi connectivity index (χ1v) is 9.28. The molecule has 2 aromatic rings. The molecule has 0 atom stereocenters. The molecule has 0 unspecified atom stereocenters. The number of benzene rings is 1. The highest BCUT2D eigenvalue weighted by Gasteiger charge is 2.24. The summed E-state index contributed by atoms with van der Waals surface area (Å²) in [5, 5.41) is 3.15. The lowest BCUT2D eigenvalue weighted by Gasteiger charge is -2.36. The summed E-state index contributed by atoms with van der Waals surface area (Å²) in [5.74, 6) is -1.33. The SMILES string of the molecule is Cc1nc(CN2CCN(c3cc(Br)cc(F)c3C(N)=O)CC2)cs1. The number of anilines is 1. The molecule has 128 valence electrons. The number of amides is 1. The monoisotopic (exact) mass is 412 g/mol. The second-order valence-corrected chi connectivity index (χ2v) is 7.74. The smallest absolute Gasteiger partial charge is 0.253 e. The van der Waals surface area contributed by atoms with Crippen LogP contribution in [0.3, 0.4) is 0 Å². The molecule has 0 saturated carbocycles. The fraction of sp³-hybridized carbons (Fsp3) is 0.375. The van der Waals surface area contributed by atoms with Crippen molar-refractivity contribution in [3.8, 4) is 0 Å². The third-order valence-corrected chi connectivity index (χ3v) is 5.33. The quantitative estimate of drug-likeness (QED) is 0.838. The lowest BCUT2D eigenvalue weighted by molar-refractivity contribution is 0.0996. The number of carbonyl (C=O) groups is 1. The predicted molar refractivity (Wildman–Crippen MR) is 97.0 cm³/mol. The number of aromatic nitrogens is 1. The van der Waals surface area contributed by atoms with E-state index >= 15 is 0 Å². The van der Waals surface area contributed by atoms with Crippen LogP contribution in [-0.4, -0.2) is 42.0 Å². The van der Waals surface area contributed by atoms with Crippen molar-refractivity contribution in [2.24, 2.45) is 5.73 Å². The number of nitrogens with two attached hydrogens (primary N) is 1. The summed E-state index contributed by atoms with van der Waals surface area (Å²) in [6.45, 7) is 5.87. The van der Waals surface area contributed by atoms with Gasteiger partial charge in [0.15, 0.2) is 0 Å². The average Bonchev–Trinajstić information content (AvgIpc) is 2.92. The molecule has 0 radical (unpaired) electrons. The molecular weight excluding hydrogens is 395 g/mol. The molecule has 3 rings (SSSR count). The largest absolute Gasteiger partial charge is 0.368 e. The average molecular weight is 413 g/mol. The van der Waals surface area contributed by atoms with E-state index in [1.807, 2.05) is 11.8 Å². The Labute approximate surface area is 152 Å². The van der Waals surface area contributed by atoms with Crippen LogP contribution < -0.4 is 10.6 Å². The minimum absolute atomic E-state index is 0.0400. The molecule has 0 spiro atoms. The minimum Gasteiger partial charge on any atom is -0.368 e. The normalized spacial score (nSPS) is 15.7. The molecular formula is C16H18BrFN4OS. The first kappa shape index (κ1) is 17.3. The van der Waals surface area contributed by atoms with Crippen molar-refractivity contribution >= 4 is 38.9 Å². The van der Waals surface area contributed by atoms with Crippen LogP contribution in [-0.2, 0) is 6.54 Å². The molecule has 1 saturated heterocycles. The van der Waals surface area contributed by atoms with E-state index in [2.05, 4.69) is 31.2 Å². The van der Waals surface area contributed by atoms with E-state index in [4.69, 9.17) is 5.73 Å². The van der Waals surface area contributed by atoms with Gasteiger partial charge in [0.1, 0.15) is 5.82 Å². The zero-order chi connectivity index (χ0) is 17.3. The van der Waals surface area contributed by atoms with Crippen molar-refractivity contribution in [2.45, 2.75) is 13.5 Å². The number of piperazine rings is 1. The van der Waals surface area contributed by atoms with E-state index < -0.39 is 11.7 Å². The number of primary amides is 1. The molecule has 1 aliphatic rings. The van der Waals surface area contributed by atoms with Crippen molar-refractivity contribution in [2.75, 3.05) is 31.1 Å². The van der Waals surface area contributed by atoms with Crippen LogP contribution in [0.2, 0.25) is 0 Å². The summed E-state index contributed by atoms with van der Waals surface area (Å²) in [7, 11) is 0. The van der Waals surface area contributed by atoms with Crippen LogP contribution in [0, 0.1) is 12.7 Å². The van der Waals surface area contributed by atoms with Crippen LogP contribution in [0.25, 0.3) is 0 Å². The van der Waals surface area contributed by atoms with Crippen LogP contribution in [0.1, 0.15) is 21.1 Å². The van der Waals surface area contributed by atoms with Crippen molar-refractivity contribution < 1.29 is 9.18 Å². The number of hydrogen-bond donors (Lipinski definition) is 1. The van der Waals surface area contributed by atoms with Gasteiger partial charge in [-0.1, -0.05) is 15.9 Å². The molecule has 2 N–H and O–H groups in total. The van der Waals surface area contributed by atoms with Crippen LogP contribution in [0.4, 0.5) is 10.1 Å². The maximum atomic E-state index is 14.1. The number of rotatable bonds is 4. The molecule has 1 aromatic heterocycles. The van der Waals surface area contributed by atoms with Crippen molar-refractivity contribution in [1.29, 1.82) is 0 Å². The molecule has 1 aromatic carbocycles. The van der Waals surface area contributed by atoms with Crippen molar-refractivity contribution in [3.63, 3.8) is 0 Å². The van der Waals surface area contributed by atoms with Gasteiger partial charge >= 0.3 is 0 Å². The van der Waals surface area contributed by atoms with Gasteiger partial charge in [0.05, 0.1) is 22.0 Å². The highest BCUT2D eigenvalue weighted by molar-refractivity contribution is 9.10. The lowest BCUT2D eigenvalue weighted by Crippen LogP contribution is -2.46. The molecule has 2 heterocycles. The fourth-order valence-corrected chi connectivity index (χ4v) is 3.93. The number of nitrogens with zero attached hydrogens (tertiary/aromatic N) is 3. The van der Waals surface area contributed by atoms with Gasteiger partial charge in [0.25, 0.3) is 5.91 Å². The first-order chi connectivity index (χ1) is 11.4. The van der Waals surface area contributed by atoms with Gasteiger partial charge in [-0.15, -0.1) is 11.3 Å². The summed E-state index contributed by atoms with van der Waals surface area (Å²) in [4.78, 5) is 20.4. The molecule has 8 heteroatoms. The molecule has 5 nitrogen and oxygen atoms in total. The molecule has 1 fully saturated rings. The Morgan fingerprint density at radius 3 is 2.67 bits per heavy atom. The van der Waals surface area contributed by atoms with Gasteiger partial charge in [-0.25, -0.2) is 9.37 Å². The molecule has 0 aliphatic carbocycles. The molecule has 24 heavy (non-hydrogen) atoms. The first-order valence-electron chi connectivity index (χ1n) is 7.61. The summed E-state index contributed by atoms with van der Waals surface area (Å²) >= 11 is 4.94. The fourth-order valence-electron chi connectivity index (χ4n) is 2.91. The Bertz CT molecular complexity index is 759. The van der Waals surface area contributed by atoms with Crippen molar-refractivity contribution in [1.82, 2.24) is 9.88 Å². The highest BCUT2D eigenvalue weighted by Crippen LogP contribution is 2.29. The maximum absolute atomic E-state index is 14.1. The Morgan fingerprint density at radius 2 is 2.08 bits per heavy atom. The summed E-state index contributed by atoms with van der Waals surface area (Å²) < 4.78 is 14.7. The second-order valence-electron chi connectivity index (χ2n) is 5.77. The standard InChI is InChI=1S/C16H18BrFN4OS/c1-10-20-12(9-24-10)8-21-2-4-22(5-3-21)14-7-11(17)6-13(18)15(14)16(19)23/h6-7,9H,2-5,8H2,1H3,(H2,19,23). The van der Waals surface area contributed by atoms with Crippen LogP contribution in [0.5, 0.6) is 0 Å². The van der Waals surface area contributed by atoms with Crippen LogP contribution >= 0.6 is 27.3 Å². The highest BCUT2D eigenvalue weighted by atomic mass is 79.9. The van der Waals surface area contributed by atoms with E-state index in [1.54, 1.807) is 17.4 Å². The number of hydrogen-bond acceptors (Lipinski definition) is 5. The zero-order valence-electron chi connectivity index (χ0n) is 13.3. The van der Waals surface area contributed by atoms with Crippen LogP contribution in [0.15, 0.2) is 22.0 Å². The molecule has 1 amide bonds. The van der Waals surface area contributed by atoms with E-state index in [0.717, 1.165) is 30.3 Å².